The standard InChI is InChI=1S/C21H19F2N3O2/c1-13(2)28-19-6-4-3-5-18(19)26-20-10-8-15(12-24-20)25-21(27)14-7-9-16(22)17(23)11-14/h3-13H,1-2H3,(H,24,26)(H,25,27). The summed E-state index contributed by atoms with van der Waals surface area (Å²) in [4.78, 5) is 16.4. The Balaban J connectivity index is 1.68. The minimum atomic E-state index is -1.08. The molecule has 2 aromatic carbocycles. The number of hydrogen-bond acceptors (Lipinski definition) is 4. The molecule has 0 fully saturated rings. The highest BCUT2D eigenvalue weighted by Crippen LogP contribution is 2.27. The van der Waals surface area contributed by atoms with Crippen LogP contribution in [0, 0.1) is 11.6 Å². The second-order valence-electron chi connectivity index (χ2n) is 6.30. The van der Waals surface area contributed by atoms with Crippen LogP contribution < -0.4 is 15.4 Å². The molecular formula is C21H19F2N3O2. The molecule has 1 amide bonds. The Labute approximate surface area is 161 Å². The molecule has 0 aliphatic heterocycles. The number of ether oxygens (including phenoxy) is 1. The Morgan fingerprint density at radius 3 is 2.50 bits per heavy atom. The molecular weight excluding hydrogens is 364 g/mol. The molecule has 1 aromatic heterocycles. The highest BCUT2D eigenvalue weighted by molar-refractivity contribution is 6.04. The van der Waals surface area contributed by atoms with Gasteiger partial charge < -0.3 is 15.4 Å². The zero-order valence-electron chi connectivity index (χ0n) is 15.4. The van der Waals surface area contributed by atoms with E-state index in [4.69, 9.17) is 4.74 Å². The van der Waals surface area contributed by atoms with Gasteiger partial charge in [-0.15, -0.1) is 0 Å². The Hall–Kier alpha value is -3.48. The molecule has 0 spiro atoms. The van der Waals surface area contributed by atoms with Gasteiger partial charge in [-0.05, 0) is 56.3 Å². The molecule has 0 unspecified atom stereocenters. The average molecular weight is 383 g/mol. The summed E-state index contributed by atoms with van der Waals surface area (Å²) < 4.78 is 32.0. The maximum atomic E-state index is 13.3. The van der Waals surface area contributed by atoms with E-state index in [-0.39, 0.29) is 11.7 Å². The number of hydrogen-bond donors (Lipinski definition) is 2. The molecule has 144 valence electrons. The van der Waals surface area contributed by atoms with E-state index in [0.29, 0.717) is 17.3 Å². The SMILES string of the molecule is CC(C)Oc1ccccc1Nc1ccc(NC(=O)c2ccc(F)c(F)c2)cn1. The van der Waals surface area contributed by atoms with Crippen LogP contribution in [0.3, 0.4) is 0 Å². The fourth-order valence-corrected chi connectivity index (χ4v) is 2.45. The molecule has 0 radical (unpaired) electrons. The number of carbonyl (C=O) groups is 1. The van der Waals surface area contributed by atoms with E-state index in [0.717, 1.165) is 17.8 Å². The Morgan fingerprint density at radius 1 is 1.04 bits per heavy atom. The maximum Gasteiger partial charge on any atom is 0.255 e. The number of para-hydroxylation sites is 2. The van der Waals surface area contributed by atoms with Crippen molar-refractivity contribution in [2.45, 2.75) is 20.0 Å². The minimum absolute atomic E-state index is 0.0147. The van der Waals surface area contributed by atoms with Crippen LogP contribution in [0.2, 0.25) is 0 Å². The van der Waals surface area contributed by atoms with Crippen LogP contribution in [-0.2, 0) is 0 Å². The lowest BCUT2D eigenvalue weighted by Gasteiger charge is -2.15. The highest BCUT2D eigenvalue weighted by atomic mass is 19.2. The van der Waals surface area contributed by atoms with Gasteiger partial charge >= 0.3 is 0 Å². The molecule has 7 heteroatoms. The number of aromatic nitrogens is 1. The van der Waals surface area contributed by atoms with Crippen LogP contribution >= 0.6 is 0 Å². The van der Waals surface area contributed by atoms with E-state index >= 15 is 0 Å². The lowest BCUT2D eigenvalue weighted by Crippen LogP contribution is -2.12. The van der Waals surface area contributed by atoms with Gasteiger partial charge in [0.1, 0.15) is 11.6 Å². The zero-order valence-corrected chi connectivity index (χ0v) is 15.4. The van der Waals surface area contributed by atoms with Gasteiger partial charge in [-0.1, -0.05) is 12.1 Å². The number of carbonyl (C=O) groups excluding carboxylic acids is 1. The highest BCUT2D eigenvalue weighted by Gasteiger charge is 2.11. The van der Waals surface area contributed by atoms with Crippen molar-refractivity contribution in [3.05, 3.63) is 78.0 Å². The van der Waals surface area contributed by atoms with Crippen molar-refractivity contribution < 1.29 is 18.3 Å². The number of amides is 1. The van der Waals surface area contributed by atoms with Crippen LogP contribution in [0.1, 0.15) is 24.2 Å². The Kier molecular flexibility index (Phi) is 5.84. The molecule has 5 nitrogen and oxygen atoms in total. The van der Waals surface area contributed by atoms with Crippen molar-refractivity contribution in [1.82, 2.24) is 4.98 Å². The first kappa shape index (κ1) is 19.3. The van der Waals surface area contributed by atoms with Crippen LogP contribution in [0.25, 0.3) is 0 Å². The molecule has 28 heavy (non-hydrogen) atoms. The first-order chi connectivity index (χ1) is 13.4. The van der Waals surface area contributed by atoms with Gasteiger partial charge in [0.05, 0.1) is 23.7 Å². The normalized spacial score (nSPS) is 10.6. The van der Waals surface area contributed by atoms with E-state index < -0.39 is 17.5 Å². The van der Waals surface area contributed by atoms with Gasteiger partial charge in [0.2, 0.25) is 0 Å². The second kappa shape index (κ2) is 8.47. The number of nitrogens with zero attached hydrogens (tertiary/aromatic N) is 1. The third-order valence-electron chi connectivity index (χ3n) is 3.72. The minimum Gasteiger partial charge on any atom is -0.489 e. The quantitative estimate of drug-likeness (QED) is 0.618. The fraction of sp³-hybridized carbons (Fsp3) is 0.143. The fourth-order valence-electron chi connectivity index (χ4n) is 2.45. The molecule has 1 heterocycles. The Morgan fingerprint density at radius 2 is 1.82 bits per heavy atom. The number of anilines is 3. The Bertz CT molecular complexity index is 976. The summed E-state index contributed by atoms with van der Waals surface area (Å²) >= 11 is 0. The summed E-state index contributed by atoms with van der Waals surface area (Å²) in [5, 5.41) is 5.75. The molecule has 3 rings (SSSR count). The summed E-state index contributed by atoms with van der Waals surface area (Å²) in [5.41, 5.74) is 1.20. The smallest absolute Gasteiger partial charge is 0.255 e. The second-order valence-corrected chi connectivity index (χ2v) is 6.30. The average Bonchev–Trinajstić information content (AvgIpc) is 2.66. The van der Waals surface area contributed by atoms with Gasteiger partial charge in [0.25, 0.3) is 5.91 Å². The number of benzene rings is 2. The number of nitrogens with one attached hydrogen (secondary N) is 2. The van der Waals surface area contributed by atoms with E-state index in [2.05, 4.69) is 15.6 Å². The van der Waals surface area contributed by atoms with E-state index in [1.807, 2.05) is 38.1 Å². The first-order valence-electron chi connectivity index (χ1n) is 8.67. The number of halogens is 2. The molecule has 3 aromatic rings. The molecule has 0 saturated heterocycles. The zero-order chi connectivity index (χ0) is 20.1. The van der Waals surface area contributed by atoms with Crippen LogP contribution in [-0.4, -0.2) is 17.0 Å². The van der Waals surface area contributed by atoms with Gasteiger partial charge in [-0.3, -0.25) is 4.79 Å². The predicted molar refractivity (Wildman–Crippen MR) is 104 cm³/mol. The predicted octanol–water partition coefficient (Wildman–Crippen LogP) is 5.14. The molecule has 0 aliphatic carbocycles. The third-order valence-corrected chi connectivity index (χ3v) is 3.72. The molecule has 2 N–H and O–H groups in total. The summed E-state index contributed by atoms with van der Waals surface area (Å²) in [7, 11) is 0. The first-order valence-corrected chi connectivity index (χ1v) is 8.67. The molecule has 0 saturated carbocycles. The molecule has 0 atom stereocenters. The lowest BCUT2D eigenvalue weighted by molar-refractivity contribution is 0.102. The van der Waals surface area contributed by atoms with Crippen molar-refractivity contribution in [2.75, 3.05) is 10.6 Å². The van der Waals surface area contributed by atoms with Crippen LogP contribution in [0.15, 0.2) is 60.8 Å². The number of rotatable bonds is 6. The van der Waals surface area contributed by atoms with Crippen molar-refractivity contribution in [3.63, 3.8) is 0 Å². The molecule has 0 aliphatic rings. The van der Waals surface area contributed by atoms with Gasteiger partial charge in [-0.25, -0.2) is 13.8 Å². The summed E-state index contributed by atoms with van der Waals surface area (Å²) in [6, 6.07) is 13.8. The molecule has 0 bridgehead atoms. The summed E-state index contributed by atoms with van der Waals surface area (Å²) in [6.07, 6.45) is 1.50. The van der Waals surface area contributed by atoms with E-state index in [1.54, 1.807) is 12.1 Å². The third kappa shape index (κ3) is 4.82. The van der Waals surface area contributed by atoms with Crippen molar-refractivity contribution in [3.8, 4) is 5.75 Å². The topological polar surface area (TPSA) is 63.2 Å². The van der Waals surface area contributed by atoms with Gasteiger partial charge in [0.15, 0.2) is 11.6 Å². The summed E-state index contributed by atoms with van der Waals surface area (Å²) in [5.74, 6) is -1.37. The van der Waals surface area contributed by atoms with Crippen LogP contribution in [0.5, 0.6) is 5.75 Å². The van der Waals surface area contributed by atoms with E-state index in [1.165, 1.54) is 12.3 Å². The largest absolute Gasteiger partial charge is 0.489 e. The van der Waals surface area contributed by atoms with Crippen molar-refractivity contribution >= 4 is 23.1 Å². The number of pyridine rings is 1. The van der Waals surface area contributed by atoms with Crippen molar-refractivity contribution in [1.29, 1.82) is 0 Å². The monoisotopic (exact) mass is 383 g/mol. The van der Waals surface area contributed by atoms with Gasteiger partial charge in [0, 0.05) is 5.56 Å². The van der Waals surface area contributed by atoms with E-state index in [9.17, 15) is 13.6 Å². The maximum absolute atomic E-state index is 13.3. The van der Waals surface area contributed by atoms with Crippen LogP contribution in [0.4, 0.5) is 26.0 Å². The van der Waals surface area contributed by atoms with Crippen molar-refractivity contribution in [2.24, 2.45) is 0 Å². The van der Waals surface area contributed by atoms with Gasteiger partial charge in [-0.2, -0.15) is 0 Å². The lowest BCUT2D eigenvalue weighted by atomic mass is 10.2. The summed E-state index contributed by atoms with van der Waals surface area (Å²) in [6.45, 7) is 3.89.